The second-order valence-electron chi connectivity index (χ2n) is 6.57. The van der Waals surface area contributed by atoms with E-state index in [2.05, 4.69) is 17.4 Å². The Labute approximate surface area is 144 Å². The molecule has 1 aliphatic carbocycles. The van der Waals surface area contributed by atoms with Crippen LogP contribution in [-0.2, 0) is 14.9 Å². The maximum atomic E-state index is 13.1. The zero-order valence-corrected chi connectivity index (χ0v) is 14.3. The molecule has 1 aliphatic heterocycles. The van der Waals surface area contributed by atoms with E-state index in [0.717, 1.165) is 37.7 Å². The molecule has 0 radical (unpaired) electrons. The zero-order chi connectivity index (χ0) is 15.4. The number of nitrogens with two attached hydrogens (primary N) is 1. The van der Waals surface area contributed by atoms with Crippen molar-refractivity contribution >= 4 is 18.3 Å². The maximum Gasteiger partial charge on any atom is 0.231 e. The molecule has 1 saturated heterocycles. The number of hydrogen-bond acceptors (Lipinski definition) is 3. The lowest BCUT2D eigenvalue weighted by atomic mass is 9.73. The molecule has 1 saturated carbocycles. The number of hydrogen-bond donors (Lipinski definition) is 2. The fourth-order valence-corrected chi connectivity index (χ4v) is 3.94. The number of rotatable bonds is 4. The minimum absolute atomic E-state index is 0. The highest BCUT2D eigenvalue weighted by molar-refractivity contribution is 5.88. The Kier molecular flexibility index (Phi) is 6.45. The molecule has 2 unspecified atom stereocenters. The molecule has 2 fully saturated rings. The first-order chi connectivity index (χ1) is 10.8. The summed E-state index contributed by atoms with van der Waals surface area (Å²) in [6.45, 7) is 1.95. The Morgan fingerprint density at radius 3 is 2.57 bits per heavy atom. The molecule has 4 nitrogen and oxygen atoms in total. The Morgan fingerprint density at radius 1 is 1.22 bits per heavy atom. The summed E-state index contributed by atoms with van der Waals surface area (Å²) in [5.74, 6) is 0.587. The first-order valence-corrected chi connectivity index (χ1v) is 8.40. The van der Waals surface area contributed by atoms with Gasteiger partial charge in [0.15, 0.2) is 0 Å². The van der Waals surface area contributed by atoms with Crippen molar-refractivity contribution < 1.29 is 9.53 Å². The summed E-state index contributed by atoms with van der Waals surface area (Å²) in [5, 5.41) is 3.31. The highest BCUT2D eigenvalue weighted by Gasteiger charge is 2.43. The SMILES string of the molecule is Cl.NCC1CCCC1NC(=O)C1(c2ccccc2)CCOCC1. The number of carbonyl (C=O) groups excluding carboxylic acids is 1. The van der Waals surface area contributed by atoms with Crippen LogP contribution in [0.3, 0.4) is 0 Å². The largest absolute Gasteiger partial charge is 0.381 e. The van der Waals surface area contributed by atoms with Crippen LogP contribution in [0.4, 0.5) is 0 Å². The molecule has 2 aliphatic rings. The number of nitrogens with one attached hydrogen (secondary N) is 1. The van der Waals surface area contributed by atoms with E-state index in [9.17, 15) is 4.79 Å². The third-order valence-electron chi connectivity index (χ3n) is 5.39. The number of halogens is 1. The van der Waals surface area contributed by atoms with Gasteiger partial charge in [-0.1, -0.05) is 36.8 Å². The van der Waals surface area contributed by atoms with Crippen LogP contribution in [0, 0.1) is 5.92 Å². The highest BCUT2D eigenvalue weighted by atomic mass is 35.5. The molecule has 3 rings (SSSR count). The van der Waals surface area contributed by atoms with Crippen molar-refractivity contribution in [2.75, 3.05) is 19.8 Å². The van der Waals surface area contributed by atoms with Crippen LogP contribution in [0.5, 0.6) is 0 Å². The van der Waals surface area contributed by atoms with Crippen LogP contribution < -0.4 is 11.1 Å². The molecule has 5 heteroatoms. The standard InChI is InChI=1S/C18H26N2O2.ClH/c19-13-14-5-4-8-16(14)20-17(21)18(9-11-22-12-10-18)15-6-2-1-3-7-15;/h1-3,6-7,14,16H,4-5,8-13,19H2,(H,20,21);1H. The van der Waals surface area contributed by atoms with Gasteiger partial charge in [0, 0.05) is 19.3 Å². The van der Waals surface area contributed by atoms with Crippen LogP contribution in [0.15, 0.2) is 30.3 Å². The van der Waals surface area contributed by atoms with E-state index in [1.165, 1.54) is 0 Å². The lowest BCUT2D eigenvalue weighted by Crippen LogP contribution is -2.52. The van der Waals surface area contributed by atoms with Crippen molar-refractivity contribution in [1.82, 2.24) is 5.32 Å². The van der Waals surface area contributed by atoms with Crippen molar-refractivity contribution in [3.05, 3.63) is 35.9 Å². The summed E-state index contributed by atoms with van der Waals surface area (Å²) >= 11 is 0. The lowest BCUT2D eigenvalue weighted by molar-refractivity contribution is -0.131. The molecule has 1 aromatic rings. The van der Waals surface area contributed by atoms with Crippen LogP contribution >= 0.6 is 12.4 Å². The Morgan fingerprint density at radius 2 is 1.91 bits per heavy atom. The van der Waals surface area contributed by atoms with Crippen molar-refractivity contribution in [1.29, 1.82) is 0 Å². The fourth-order valence-electron chi connectivity index (χ4n) is 3.94. The van der Waals surface area contributed by atoms with E-state index < -0.39 is 5.41 Å². The van der Waals surface area contributed by atoms with Crippen molar-refractivity contribution in [3.8, 4) is 0 Å². The lowest BCUT2D eigenvalue weighted by Gasteiger charge is -2.37. The van der Waals surface area contributed by atoms with Crippen molar-refractivity contribution in [2.24, 2.45) is 11.7 Å². The third kappa shape index (κ3) is 3.70. The summed E-state index contributed by atoms with van der Waals surface area (Å²) in [4.78, 5) is 13.1. The Bertz CT molecular complexity index is 503. The van der Waals surface area contributed by atoms with Gasteiger partial charge in [-0.15, -0.1) is 12.4 Å². The van der Waals surface area contributed by atoms with Crippen LogP contribution in [0.2, 0.25) is 0 Å². The molecule has 23 heavy (non-hydrogen) atoms. The van der Waals surface area contributed by atoms with Crippen molar-refractivity contribution in [2.45, 2.75) is 43.6 Å². The average molecular weight is 339 g/mol. The summed E-state index contributed by atoms with van der Waals surface area (Å²) in [6, 6.07) is 10.4. The van der Waals surface area contributed by atoms with Gasteiger partial charge in [-0.3, -0.25) is 4.79 Å². The van der Waals surface area contributed by atoms with E-state index in [0.29, 0.717) is 25.7 Å². The Balaban J connectivity index is 0.00000192. The summed E-state index contributed by atoms with van der Waals surface area (Å²) in [6.07, 6.45) is 4.85. The van der Waals surface area contributed by atoms with Gasteiger partial charge in [0.2, 0.25) is 5.91 Å². The first kappa shape index (κ1) is 18.2. The van der Waals surface area contributed by atoms with E-state index in [1.807, 2.05) is 18.2 Å². The molecule has 1 aromatic carbocycles. The number of amides is 1. The molecular formula is C18H27ClN2O2. The predicted molar refractivity (Wildman–Crippen MR) is 93.7 cm³/mol. The second-order valence-corrected chi connectivity index (χ2v) is 6.57. The molecule has 1 heterocycles. The second kappa shape index (κ2) is 8.13. The molecule has 2 atom stereocenters. The van der Waals surface area contributed by atoms with Gasteiger partial charge in [-0.05, 0) is 43.7 Å². The third-order valence-corrected chi connectivity index (χ3v) is 5.39. The van der Waals surface area contributed by atoms with E-state index in [4.69, 9.17) is 10.5 Å². The smallest absolute Gasteiger partial charge is 0.231 e. The maximum absolute atomic E-state index is 13.1. The normalized spacial score (nSPS) is 26.3. The number of ether oxygens (including phenoxy) is 1. The van der Waals surface area contributed by atoms with Gasteiger partial charge in [-0.2, -0.15) is 0 Å². The molecule has 0 aromatic heterocycles. The topological polar surface area (TPSA) is 64.3 Å². The number of carbonyl (C=O) groups is 1. The molecule has 0 bridgehead atoms. The van der Waals surface area contributed by atoms with E-state index in [-0.39, 0.29) is 24.4 Å². The highest BCUT2D eigenvalue weighted by Crippen LogP contribution is 2.36. The predicted octanol–water partition coefficient (Wildman–Crippen LogP) is 2.40. The van der Waals surface area contributed by atoms with Crippen LogP contribution in [0.1, 0.15) is 37.7 Å². The van der Waals surface area contributed by atoms with E-state index in [1.54, 1.807) is 0 Å². The summed E-state index contributed by atoms with van der Waals surface area (Å²) in [7, 11) is 0. The van der Waals surface area contributed by atoms with Gasteiger partial charge < -0.3 is 15.8 Å². The van der Waals surface area contributed by atoms with Gasteiger partial charge in [-0.25, -0.2) is 0 Å². The number of benzene rings is 1. The molecular weight excluding hydrogens is 312 g/mol. The minimum Gasteiger partial charge on any atom is -0.381 e. The quantitative estimate of drug-likeness (QED) is 0.886. The Hall–Kier alpha value is -1.10. The van der Waals surface area contributed by atoms with Crippen molar-refractivity contribution in [3.63, 3.8) is 0 Å². The van der Waals surface area contributed by atoms with Gasteiger partial charge in [0.1, 0.15) is 0 Å². The molecule has 128 valence electrons. The van der Waals surface area contributed by atoms with Gasteiger partial charge in [0.05, 0.1) is 5.41 Å². The van der Waals surface area contributed by atoms with Crippen LogP contribution in [-0.4, -0.2) is 31.7 Å². The minimum atomic E-state index is -0.443. The first-order valence-electron chi connectivity index (χ1n) is 8.40. The molecule has 3 N–H and O–H groups in total. The molecule has 0 spiro atoms. The van der Waals surface area contributed by atoms with Gasteiger partial charge >= 0.3 is 0 Å². The van der Waals surface area contributed by atoms with Crippen LogP contribution in [0.25, 0.3) is 0 Å². The van der Waals surface area contributed by atoms with Gasteiger partial charge in [0.25, 0.3) is 0 Å². The molecule has 1 amide bonds. The summed E-state index contributed by atoms with van der Waals surface area (Å²) in [5.41, 5.74) is 6.52. The fraction of sp³-hybridized carbons (Fsp3) is 0.611. The van der Waals surface area contributed by atoms with E-state index >= 15 is 0 Å². The summed E-state index contributed by atoms with van der Waals surface area (Å²) < 4.78 is 5.51. The monoisotopic (exact) mass is 338 g/mol. The average Bonchev–Trinajstić information content (AvgIpc) is 3.03. The zero-order valence-electron chi connectivity index (χ0n) is 13.5.